The monoisotopic (exact) mass is 320 g/mol. The molecule has 0 spiro atoms. The summed E-state index contributed by atoms with van der Waals surface area (Å²) in [5.41, 5.74) is -2.63. The molecule has 21 heavy (non-hydrogen) atoms. The predicted molar refractivity (Wildman–Crippen MR) is 62.7 cm³/mol. The Balaban J connectivity index is 2.73. The van der Waals surface area contributed by atoms with Crippen LogP contribution in [0.1, 0.15) is 44.9 Å². The van der Waals surface area contributed by atoms with Crippen LogP contribution in [0.3, 0.4) is 0 Å². The minimum atomic E-state index is -4.45. The van der Waals surface area contributed by atoms with E-state index in [1.165, 1.54) is 0 Å². The van der Waals surface area contributed by atoms with Gasteiger partial charge >= 0.3 is 12.1 Å². The topological polar surface area (TPSA) is 26.3 Å². The lowest BCUT2D eigenvalue weighted by Gasteiger charge is -2.36. The summed E-state index contributed by atoms with van der Waals surface area (Å²) in [7, 11) is 0.928. The van der Waals surface area contributed by atoms with Gasteiger partial charge in [0.2, 0.25) is 11.6 Å². The van der Waals surface area contributed by atoms with Crippen LogP contribution in [0.15, 0.2) is 0 Å². The van der Waals surface area contributed by atoms with Crippen molar-refractivity contribution in [3.8, 4) is 0 Å². The van der Waals surface area contributed by atoms with E-state index in [4.69, 9.17) is 0 Å². The van der Waals surface area contributed by atoms with Crippen molar-refractivity contribution in [3.63, 3.8) is 0 Å². The summed E-state index contributed by atoms with van der Waals surface area (Å²) in [5, 5.41) is 0. The maximum Gasteiger partial charge on any atom is 0.389 e. The third-order valence-corrected chi connectivity index (χ3v) is 3.89. The maximum atomic E-state index is 14.8. The fraction of sp³-hybridized carbons (Fsp3) is 0.923. The second kappa shape index (κ2) is 6.44. The minimum absolute atomic E-state index is 0.245. The first-order valence-corrected chi connectivity index (χ1v) is 6.72. The average Bonchev–Trinajstić information content (AvgIpc) is 2.35. The Kier molecular flexibility index (Phi) is 5.55. The molecule has 1 saturated carbocycles. The van der Waals surface area contributed by atoms with Crippen LogP contribution in [-0.2, 0) is 9.53 Å². The van der Waals surface area contributed by atoms with Gasteiger partial charge in [0.25, 0.3) is 0 Å². The zero-order chi connectivity index (χ0) is 16.3. The zero-order valence-corrected chi connectivity index (χ0v) is 11.6. The van der Waals surface area contributed by atoms with Gasteiger partial charge < -0.3 is 4.74 Å². The highest BCUT2D eigenvalue weighted by molar-refractivity contribution is 5.79. The van der Waals surface area contributed by atoms with Crippen molar-refractivity contribution in [2.45, 2.75) is 62.7 Å². The van der Waals surface area contributed by atoms with Crippen molar-refractivity contribution < 1.29 is 35.9 Å². The van der Waals surface area contributed by atoms with Crippen LogP contribution in [0.4, 0.5) is 26.3 Å². The first kappa shape index (κ1) is 18.1. The number of carbonyl (C=O) groups is 1. The molecule has 1 atom stereocenters. The van der Waals surface area contributed by atoms with Crippen LogP contribution in [0, 0.1) is 5.92 Å². The summed E-state index contributed by atoms with van der Waals surface area (Å²) in [6, 6.07) is 0. The molecule has 1 aliphatic carbocycles. The number of methoxy groups -OCH3 is 1. The van der Waals surface area contributed by atoms with Gasteiger partial charge in [0.15, 0.2) is 0 Å². The summed E-state index contributed by atoms with van der Waals surface area (Å²) < 4.78 is 81.6. The molecule has 124 valence electrons. The van der Waals surface area contributed by atoms with Gasteiger partial charge in [-0.3, -0.25) is 0 Å². The molecule has 1 aliphatic rings. The summed E-state index contributed by atoms with van der Waals surface area (Å²) >= 11 is 0. The molecule has 0 amide bonds. The lowest BCUT2D eigenvalue weighted by Crippen LogP contribution is -2.45. The summed E-state index contributed by atoms with van der Waals surface area (Å²) in [6.45, 7) is 0. The normalized spacial score (nSPS) is 22.6. The highest BCUT2D eigenvalue weighted by Gasteiger charge is 2.51. The number of esters is 1. The Hall–Kier alpha value is -0.950. The molecule has 1 unspecified atom stereocenters. The highest BCUT2D eigenvalue weighted by Crippen LogP contribution is 2.44. The Morgan fingerprint density at radius 2 is 1.67 bits per heavy atom. The van der Waals surface area contributed by atoms with Gasteiger partial charge in [-0.1, -0.05) is 0 Å². The first-order valence-electron chi connectivity index (χ1n) is 6.72. The maximum absolute atomic E-state index is 14.8. The largest absolute Gasteiger partial charge is 0.467 e. The van der Waals surface area contributed by atoms with Crippen LogP contribution in [0.5, 0.6) is 0 Å². The van der Waals surface area contributed by atoms with E-state index in [0.29, 0.717) is 0 Å². The van der Waals surface area contributed by atoms with Crippen molar-refractivity contribution in [1.82, 2.24) is 0 Å². The van der Waals surface area contributed by atoms with E-state index in [2.05, 4.69) is 4.74 Å². The van der Waals surface area contributed by atoms with Gasteiger partial charge in [0.1, 0.15) is 0 Å². The first-order chi connectivity index (χ1) is 9.50. The third kappa shape index (κ3) is 5.07. The average molecular weight is 320 g/mol. The van der Waals surface area contributed by atoms with Gasteiger partial charge in [-0.15, -0.1) is 0 Å². The number of hydrogen-bond donors (Lipinski definition) is 0. The van der Waals surface area contributed by atoms with E-state index in [1.807, 2.05) is 0 Å². The molecule has 0 aromatic heterocycles. The van der Waals surface area contributed by atoms with Gasteiger partial charge in [-0.2, -0.15) is 13.2 Å². The molecule has 0 aromatic rings. The van der Waals surface area contributed by atoms with E-state index in [0.717, 1.165) is 7.11 Å². The van der Waals surface area contributed by atoms with Crippen molar-refractivity contribution in [2.75, 3.05) is 7.11 Å². The number of alkyl halides is 6. The third-order valence-electron chi connectivity index (χ3n) is 3.89. The molecule has 0 aliphatic heterocycles. The lowest BCUT2D eigenvalue weighted by molar-refractivity contribution is -0.166. The standard InChI is InChI=1S/C13H18F6O2/c1-21-10(20)12(16,5-2-6-13(17,18)19)9-3-7-11(14,15)8-4-9/h9H,2-8H2,1H3. The fourth-order valence-electron chi connectivity index (χ4n) is 2.69. The van der Waals surface area contributed by atoms with E-state index in [1.54, 1.807) is 0 Å². The van der Waals surface area contributed by atoms with Crippen molar-refractivity contribution in [3.05, 3.63) is 0 Å². The molecule has 1 rings (SSSR count). The molecular weight excluding hydrogens is 302 g/mol. The van der Waals surface area contributed by atoms with Crippen molar-refractivity contribution in [1.29, 1.82) is 0 Å². The molecule has 8 heteroatoms. The van der Waals surface area contributed by atoms with Crippen molar-refractivity contribution in [2.24, 2.45) is 5.92 Å². The van der Waals surface area contributed by atoms with Crippen LogP contribution in [0.25, 0.3) is 0 Å². The van der Waals surface area contributed by atoms with Crippen LogP contribution < -0.4 is 0 Å². The number of carbonyl (C=O) groups excluding carboxylic acids is 1. The Morgan fingerprint density at radius 3 is 2.10 bits per heavy atom. The summed E-state index contributed by atoms with van der Waals surface area (Å²) in [5.74, 6) is -5.21. The van der Waals surface area contributed by atoms with Gasteiger partial charge in [0.05, 0.1) is 7.11 Å². The molecule has 0 bridgehead atoms. The van der Waals surface area contributed by atoms with E-state index in [9.17, 15) is 31.1 Å². The number of hydrogen-bond acceptors (Lipinski definition) is 2. The Bertz CT molecular complexity index is 358. The molecule has 0 radical (unpaired) electrons. The smallest absolute Gasteiger partial charge is 0.389 e. The second-order valence-electron chi connectivity index (χ2n) is 5.45. The van der Waals surface area contributed by atoms with Crippen LogP contribution in [-0.4, -0.2) is 30.8 Å². The fourth-order valence-corrected chi connectivity index (χ4v) is 2.69. The molecule has 0 N–H and O–H groups in total. The number of halogens is 6. The second-order valence-corrected chi connectivity index (χ2v) is 5.45. The molecule has 1 fully saturated rings. The number of ether oxygens (including phenoxy) is 1. The molecule has 0 heterocycles. The lowest BCUT2D eigenvalue weighted by atomic mass is 9.74. The highest BCUT2D eigenvalue weighted by atomic mass is 19.4. The quantitative estimate of drug-likeness (QED) is 0.553. The van der Waals surface area contributed by atoms with Crippen molar-refractivity contribution >= 4 is 5.97 Å². The van der Waals surface area contributed by atoms with Gasteiger partial charge in [-0.25, -0.2) is 18.0 Å². The van der Waals surface area contributed by atoms with Crippen LogP contribution in [0.2, 0.25) is 0 Å². The van der Waals surface area contributed by atoms with E-state index >= 15 is 0 Å². The van der Waals surface area contributed by atoms with Gasteiger partial charge in [-0.05, 0) is 25.7 Å². The minimum Gasteiger partial charge on any atom is -0.467 e. The molecule has 0 saturated heterocycles. The number of rotatable bonds is 5. The Morgan fingerprint density at radius 1 is 1.14 bits per heavy atom. The molecule has 2 nitrogen and oxygen atoms in total. The van der Waals surface area contributed by atoms with Crippen LogP contribution >= 0.6 is 0 Å². The molecule has 0 aromatic carbocycles. The summed E-state index contributed by atoms with van der Waals surface area (Å²) in [6.07, 6.45) is -8.55. The predicted octanol–water partition coefficient (Wildman–Crippen LogP) is 4.43. The molecular formula is C13H18F6O2. The Labute approximate surface area is 118 Å². The zero-order valence-electron chi connectivity index (χ0n) is 11.6. The van der Waals surface area contributed by atoms with E-state index in [-0.39, 0.29) is 12.8 Å². The SMILES string of the molecule is COC(=O)C(F)(CCCC(F)(F)F)C1CCC(F)(F)CC1. The van der Waals surface area contributed by atoms with Gasteiger partial charge in [0, 0.05) is 25.2 Å². The summed E-state index contributed by atoms with van der Waals surface area (Å²) in [4.78, 5) is 11.6. The van der Waals surface area contributed by atoms with E-state index < -0.39 is 61.8 Å².